The van der Waals surface area contributed by atoms with E-state index in [-0.39, 0.29) is 5.82 Å². The molecule has 0 spiro atoms. The molecule has 2 heterocycles. The molecule has 1 aliphatic heterocycles. The van der Waals surface area contributed by atoms with E-state index in [1.54, 1.807) is 11.3 Å². The topological polar surface area (TPSA) is 24.9 Å². The minimum atomic E-state index is -0.197. The standard InChI is InChI=1S/C14H17FN2S/c15-11-2-3-13-12(9-11)17-14(18-13)4-1-10-5-7-16-8-6-10/h2-3,9-10,16H,1,4-8H2. The van der Waals surface area contributed by atoms with Crippen LogP contribution in [0.25, 0.3) is 10.2 Å². The van der Waals surface area contributed by atoms with Gasteiger partial charge in [0.1, 0.15) is 5.82 Å². The zero-order valence-electron chi connectivity index (χ0n) is 10.3. The fourth-order valence-corrected chi connectivity index (χ4v) is 3.52. The van der Waals surface area contributed by atoms with Gasteiger partial charge in [0.25, 0.3) is 0 Å². The van der Waals surface area contributed by atoms with Crippen LogP contribution in [0.5, 0.6) is 0 Å². The third-order valence-electron chi connectivity index (χ3n) is 3.62. The minimum absolute atomic E-state index is 0.197. The summed E-state index contributed by atoms with van der Waals surface area (Å²) in [6.45, 7) is 2.30. The van der Waals surface area contributed by atoms with Crippen LogP contribution in [-0.2, 0) is 6.42 Å². The van der Waals surface area contributed by atoms with Gasteiger partial charge in [-0.1, -0.05) is 0 Å². The molecule has 1 aromatic carbocycles. The maximum Gasteiger partial charge on any atom is 0.125 e. The van der Waals surface area contributed by atoms with E-state index in [1.807, 2.05) is 6.07 Å². The number of aromatic nitrogens is 1. The Morgan fingerprint density at radius 2 is 2.17 bits per heavy atom. The molecule has 1 fully saturated rings. The van der Waals surface area contributed by atoms with Crippen LogP contribution in [0.15, 0.2) is 18.2 Å². The number of nitrogens with zero attached hydrogens (tertiary/aromatic N) is 1. The van der Waals surface area contributed by atoms with Crippen LogP contribution >= 0.6 is 11.3 Å². The summed E-state index contributed by atoms with van der Waals surface area (Å²) in [5.41, 5.74) is 0.806. The Morgan fingerprint density at radius 3 is 3.00 bits per heavy atom. The van der Waals surface area contributed by atoms with Crippen LogP contribution in [0.2, 0.25) is 0 Å². The molecular weight excluding hydrogens is 247 g/mol. The predicted octanol–water partition coefficient (Wildman–Crippen LogP) is 3.37. The van der Waals surface area contributed by atoms with Gasteiger partial charge in [0.05, 0.1) is 15.2 Å². The Kier molecular flexibility index (Phi) is 3.57. The summed E-state index contributed by atoms with van der Waals surface area (Å²) in [7, 11) is 0. The van der Waals surface area contributed by atoms with Crippen molar-refractivity contribution >= 4 is 21.6 Å². The molecule has 0 amide bonds. The van der Waals surface area contributed by atoms with Crippen molar-refractivity contribution in [3.8, 4) is 0 Å². The highest BCUT2D eigenvalue weighted by atomic mass is 32.1. The lowest BCUT2D eigenvalue weighted by Gasteiger charge is -2.21. The van der Waals surface area contributed by atoms with E-state index in [9.17, 15) is 4.39 Å². The van der Waals surface area contributed by atoms with Crippen molar-refractivity contribution in [2.24, 2.45) is 5.92 Å². The number of fused-ring (bicyclic) bond motifs is 1. The Bertz CT molecular complexity index is 532. The molecule has 4 heteroatoms. The Morgan fingerprint density at radius 1 is 1.33 bits per heavy atom. The number of piperidine rings is 1. The Labute approximate surface area is 110 Å². The summed E-state index contributed by atoms with van der Waals surface area (Å²) >= 11 is 1.70. The fourth-order valence-electron chi connectivity index (χ4n) is 2.55. The number of nitrogens with one attached hydrogen (secondary N) is 1. The summed E-state index contributed by atoms with van der Waals surface area (Å²) in [5.74, 6) is 0.632. The lowest BCUT2D eigenvalue weighted by molar-refractivity contribution is 0.354. The van der Waals surface area contributed by atoms with Gasteiger partial charge < -0.3 is 5.32 Å². The average molecular weight is 264 g/mol. The Balaban J connectivity index is 1.67. The minimum Gasteiger partial charge on any atom is -0.317 e. The van der Waals surface area contributed by atoms with Crippen molar-refractivity contribution in [3.63, 3.8) is 0 Å². The summed E-state index contributed by atoms with van der Waals surface area (Å²) in [6, 6.07) is 4.87. The Hall–Kier alpha value is -1.00. The van der Waals surface area contributed by atoms with Gasteiger partial charge >= 0.3 is 0 Å². The van der Waals surface area contributed by atoms with Gasteiger partial charge in [-0.3, -0.25) is 0 Å². The molecule has 1 saturated heterocycles. The van der Waals surface area contributed by atoms with Gasteiger partial charge in [-0.15, -0.1) is 11.3 Å². The highest BCUT2D eigenvalue weighted by molar-refractivity contribution is 7.18. The van der Waals surface area contributed by atoms with E-state index in [0.717, 1.165) is 40.7 Å². The number of aryl methyl sites for hydroxylation is 1. The van der Waals surface area contributed by atoms with Crippen molar-refractivity contribution in [2.45, 2.75) is 25.7 Å². The van der Waals surface area contributed by atoms with Crippen molar-refractivity contribution in [1.82, 2.24) is 10.3 Å². The molecule has 0 radical (unpaired) electrons. The van der Waals surface area contributed by atoms with Crippen LogP contribution in [0.4, 0.5) is 4.39 Å². The molecule has 1 aromatic heterocycles. The molecule has 0 atom stereocenters. The smallest absolute Gasteiger partial charge is 0.125 e. The van der Waals surface area contributed by atoms with Gasteiger partial charge in [-0.05, 0) is 56.8 Å². The number of benzene rings is 1. The number of thiazole rings is 1. The highest BCUT2D eigenvalue weighted by Crippen LogP contribution is 2.26. The number of hydrogen-bond donors (Lipinski definition) is 1. The second kappa shape index (κ2) is 5.33. The van der Waals surface area contributed by atoms with E-state index in [1.165, 1.54) is 31.4 Å². The van der Waals surface area contributed by atoms with Crippen LogP contribution in [0.3, 0.4) is 0 Å². The fraction of sp³-hybridized carbons (Fsp3) is 0.500. The molecular formula is C14H17FN2S. The molecule has 3 rings (SSSR count). The SMILES string of the molecule is Fc1ccc2sc(CCC3CCNCC3)nc2c1. The zero-order chi connectivity index (χ0) is 12.4. The van der Waals surface area contributed by atoms with Crippen molar-refractivity contribution in [3.05, 3.63) is 29.0 Å². The summed E-state index contributed by atoms with van der Waals surface area (Å²) in [4.78, 5) is 4.52. The number of halogens is 1. The van der Waals surface area contributed by atoms with E-state index in [4.69, 9.17) is 0 Å². The van der Waals surface area contributed by atoms with Gasteiger partial charge in [0, 0.05) is 6.07 Å². The first-order valence-electron chi connectivity index (χ1n) is 6.57. The van der Waals surface area contributed by atoms with Gasteiger partial charge in [-0.25, -0.2) is 9.37 Å². The molecule has 1 aliphatic rings. The second-order valence-electron chi connectivity index (χ2n) is 4.95. The maximum absolute atomic E-state index is 13.1. The van der Waals surface area contributed by atoms with Gasteiger partial charge in [-0.2, -0.15) is 0 Å². The lowest BCUT2D eigenvalue weighted by Crippen LogP contribution is -2.27. The third-order valence-corrected chi connectivity index (χ3v) is 4.72. The molecule has 0 bridgehead atoms. The van der Waals surface area contributed by atoms with Crippen molar-refractivity contribution in [1.29, 1.82) is 0 Å². The normalized spacial score (nSPS) is 17.4. The lowest BCUT2D eigenvalue weighted by atomic mass is 9.93. The molecule has 18 heavy (non-hydrogen) atoms. The second-order valence-corrected chi connectivity index (χ2v) is 6.07. The van der Waals surface area contributed by atoms with Crippen molar-refractivity contribution < 1.29 is 4.39 Å². The van der Waals surface area contributed by atoms with Gasteiger partial charge in [0.2, 0.25) is 0 Å². The summed E-state index contributed by atoms with van der Waals surface area (Å²) < 4.78 is 14.2. The van der Waals surface area contributed by atoms with Crippen LogP contribution < -0.4 is 5.32 Å². The molecule has 2 nitrogen and oxygen atoms in total. The quantitative estimate of drug-likeness (QED) is 0.919. The molecule has 2 aromatic rings. The first kappa shape index (κ1) is 12.1. The summed E-state index contributed by atoms with van der Waals surface area (Å²) in [6.07, 6.45) is 4.80. The van der Waals surface area contributed by atoms with E-state index >= 15 is 0 Å². The highest BCUT2D eigenvalue weighted by Gasteiger charge is 2.14. The summed E-state index contributed by atoms with van der Waals surface area (Å²) in [5, 5.41) is 4.53. The zero-order valence-corrected chi connectivity index (χ0v) is 11.1. The van der Waals surface area contributed by atoms with E-state index < -0.39 is 0 Å². The van der Waals surface area contributed by atoms with E-state index in [0.29, 0.717) is 0 Å². The van der Waals surface area contributed by atoms with E-state index in [2.05, 4.69) is 10.3 Å². The average Bonchev–Trinajstić information content (AvgIpc) is 2.79. The number of hydrogen-bond acceptors (Lipinski definition) is 3. The largest absolute Gasteiger partial charge is 0.317 e. The first-order chi connectivity index (χ1) is 8.81. The molecule has 0 unspecified atom stereocenters. The van der Waals surface area contributed by atoms with Crippen LogP contribution in [-0.4, -0.2) is 18.1 Å². The van der Waals surface area contributed by atoms with Gasteiger partial charge in [0.15, 0.2) is 0 Å². The third kappa shape index (κ3) is 2.70. The molecule has 0 saturated carbocycles. The predicted molar refractivity (Wildman–Crippen MR) is 73.5 cm³/mol. The van der Waals surface area contributed by atoms with Crippen molar-refractivity contribution in [2.75, 3.05) is 13.1 Å². The van der Waals surface area contributed by atoms with Crippen LogP contribution in [0.1, 0.15) is 24.3 Å². The first-order valence-corrected chi connectivity index (χ1v) is 7.38. The molecule has 1 N–H and O–H groups in total. The maximum atomic E-state index is 13.1. The number of rotatable bonds is 3. The monoisotopic (exact) mass is 264 g/mol. The van der Waals surface area contributed by atoms with Crippen LogP contribution in [0, 0.1) is 11.7 Å². The molecule has 0 aliphatic carbocycles. The molecule has 96 valence electrons.